The van der Waals surface area contributed by atoms with Crippen LogP contribution in [0.15, 0.2) is 0 Å². The molecule has 1 rings (SSSR count). The van der Waals surface area contributed by atoms with Gasteiger partial charge in [-0.3, -0.25) is 0 Å². The van der Waals surface area contributed by atoms with E-state index in [1.807, 2.05) is 0 Å². The summed E-state index contributed by atoms with van der Waals surface area (Å²) < 4.78 is 0. The predicted octanol–water partition coefficient (Wildman–Crippen LogP) is -12.1. The summed E-state index contributed by atoms with van der Waals surface area (Å²) in [5.74, 6) is -6.84. The van der Waals surface area contributed by atoms with Gasteiger partial charge in [-0.05, 0) is 50.4 Å². The molecular formula is C14H18CaN2Na2O8. The van der Waals surface area contributed by atoms with Crippen molar-refractivity contribution in [2.24, 2.45) is 22.3 Å². The molecule has 1 saturated carbocycles. The quantitative estimate of drug-likeness (QED) is 0.275. The zero-order valence-electron chi connectivity index (χ0n) is 15.6. The Morgan fingerprint density at radius 3 is 1.33 bits per heavy atom. The van der Waals surface area contributed by atoms with Gasteiger partial charge in [0.15, 0.2) is 0 Å². The van der Waals surface area contributed by atoms with Gasteiger partial charge in [-0.25, -0.2) is 0 Å². The van der Waals surface area contributed by atoms with Gasteiger partial charge in [-0.1, -0.05) is 0 Å². The Kier molecular flexibility index (Phi) is 15.4. The van der Waals surface area contributed by atoms with E-state index in [1.165, 1.54) is 0 Å². The van der Waals surface area contributed by atoms with E-state index in [-0.39, 0.29) is 116 Å². The number of carboxylic acids is 4. The molecule has 136 valence electrons. The largest absolute Gasteiger partial charge is 2.00 e. The van der Waals surface area contributed by atoms with Crippen LogP contribution < -0.4 is 91.0 Å². The van der Waals surface area contributed by atoms with Gasteiger partial charge in [0.25, 0.3) is 0 Å². The van der Waals surface area contributed by atoms with E-state index >= 15 is 0 Å². The van der Waals surface area contributed by atoms with Crippen LogP contribution >= 0.6 is 0 Å². The molecule has 0 unspecified atom stereocenters. The monoisotopic (exact) mass is 428 g/mol. The molecule has 4 N–H and O–H groups in total. The maximum atomic E-state index is 11.2. The molecule has 0 aromatic heterocycles. The molecule has 27 heavy (non-hydrogen) atoms. The van der Waals surface area contributed by atoms with Crippen molar-refractivity contribution in [1.29, 1.82) is 0 Å². The molecule has 0 heterocycles. The van der Waals surface area contributed by atoms with Gasteiger partial charge in [0.05, 0.1) is 5.66 Å². The van der Waals surface area contributed by atoms with Crippen molar-refractivity contribution < 1.29 is 98.7 Å². The summed E-state index contributed by atoms with van der Waals surface area (Å²) in [6, 6.07) is 0. The average Bonchev–Trinajstić information content (AvgIpc) is 2.32. The number of carbonyl (C=O) groups excluding carboxylic acids is 4. The summed E-state index contributed by atoms with van der Waals surface area (Å²) in [6.45, 7) is 0. The smallest absolute Gasteiger partial charge is 0.550 e. The van der Waals surface area contributed by atoms with Crippen LogP contribution in [-0.4, -0.2) is 67.3 Å². The summed E-state index contributed by atoms with van der Waals surface area (Å²) in [7, 11) is 0. The Labute approximate surface area is 230 Å². The zero-order chi connectivity index (χ0) is 18.8. The number of rotatable bonds is 8. The van der Waals surface area contributed by atoms with Crippen molar-refractivity contribution in [2.45, 2.75) is 50.6 Å². The molecule has 0 saturated heterocycles. The number of aliphatic carboxylic acids is 4. The number of hydrogen-bond acceptors (Lipinski definition) is 10. The number of hydrogen-bond donors (Lipinski definition) is 2. The molecule has 0 radical (unpaired) electrons. The first kappa shape index (κ1) is 32.7. The minimum atomic E-state index is -2.12. The summed E-state index contributed by atoms with van der Waals surface area (Å²) >= 11 is 0. The Morgan fingerprint density at radius 1 is 0.704 bits per heavy atom. The molecule has 0 spiro atoms. The fourth-order valence-electron chi connectivity index (χ4n) is 4.08. The van der Waals surface area contributed by atoms with Gasteiger partial charge in [0.2, 0.25) is 0 Å². The van der Waals surface area contributed by atoms with Gasteiger partial charge in [-0.2, -0.15) is 0 Å². The first-order chi connectivity index (χ1) is 10.9. The van der Waals surface area contributed by atoms with Gasteiger partial charge in [0, 0.05) is 29.3 Å². The van der Waals surface area contributed by atoms with E-state index in [0.29, 0.717) is 0 Å². The van der Waals surface area contributed by atoms with Gasteiger partial charge in [-0.15, -0.1) is 0 Å². The van der Waals surface area contributed by atoms with Crippen LogP contribution in [0, 0.1) is 10.8 Å². The van der Waals surface area contributed by atoms with Crippen molar-refractivity contribution in [3.63, 3.8) is 0 Å². The molecule has 0 amide bonds. The van der Waals surface area contributed by atoms with E-state index in [2.05, 4.69) is 0 Å². The zero-order valence-corrected chi connectivity index (χ0v) is 21.8. The summed E-state index contributed by atoms with van der Waals surface area (Å²) in [5, 5.41) is 44.9. The molecule has 1 fully saturated rings. The first-order valence-electron chi connectivity index (χ1n) is 7.25. The fourth-order valence-corrected chi connectivity index (χ4v) is 4.08. The SMILES string of the molecule is NC1(N)CCCC(CC(=O)[O-])(CC(=O)[O-])C1(CC(=O)[O-])CC(=O)[O-].[Ca+2].[Na+].[Na+]. The maximum absolute atomic E-state index is 11.2. The molecule has 1 aliphatic carbocycles. The van der Waals surface area contributed by atoms with Crippen LogP contribution in [0.1, 0.15) is 44.9 Å². The van der Waals surface area contributed by atoms with Crippen molar-refractivity contribution in [3.8, 4) is 0 Å². The second-order valence-corrected chi connectivity index (χ2v) is 6.45. The van der Waals surface area contributed by atoms with Crippen molar-refractivity contribution in [2.75, 3.05) is 0 Å². The standard InChI is InChI=1S/C14H22N2O8.Ca.2Na/c15-14(16)3-1-2-12(4-8(17)18,5-9(19)20)13(14,6-10(21)22)7-11(23)24;;;/h1-7,15-16H2,(H,17,18)(H,19,20)(H,21,22)(H,23,24);;;/q;+2;2*+1/p-4. The van der Waals surface area contributed by atoms with Crippen molar-refractivity contribution in [3.05, 3.63) is 0 Å². The fraction of sp³-hybridized carbons (Fsp3) is 0.714. The van der Waals surface area contributed by atoms with Crippen LogP contribution in [-0.2, 0) is 19.2 Å². The molecule has 1 aliphatic rings. The van der Waals surface area contributed by atoms with E-state index in [1.54, 1.807) is 0 Å². The van der Waals surface area contributed by atoms with Crippen molar-refractivity contribution >= 4 is 61.6 Å². The molecule has 0 aromatic rings. The van der Waals surface area contributed by atoms with E-state index in [0.717, 1.165) is 0 Å². The number of carbonyl (C=O) groups is 4. The Balaban J connectivity index is -0.00000192. The van der Waals surface area contributed by atoms with Crippen LogP contribution in [0.5, 0.6) is 0 Å². The van der Waals surface area contributed by atoms with E-state index in [9.17, 15) is 39.6 Å². The van der Waals surface area contributed by atoms with Crippen LogP contribution in [0.25, 0.3) is 0 Å². The Hall–Kier alpha value is 1.06. The van der Waals surface area contributed by atoms with E-state index in [4.69, 9.17) is 11.5 Å². The van der Waals surface area contributed by atoms with Crippen LogP contribution in [0.4, 0.5) is 0 Å². The normalized spacial score (nSPS) is 18.6. The maximum Gasteiger partial charge on any atom is 2.00 e. The van der Waals surface area contributed by atoms with E-state index < -0.39 is 66.1 Å². The third-order valence-electron chi connectivity index (χ3n) is 5.01. The van der Waals surface area contributed by atoms with Crippen LogP contribution in [0.3, 0.4) is 0 Å². The molecule has 0 aliphatic heterocycles. The Bertz CT molecular complexity index is 541. The predicted molar refractivity (Wildman–Crippen MR) is 74.1 cm³/mol. The Morgan fingerprint density at radius 2 is 1.04 bits per heavy atom. The molecule has 0 bridgehead atoms. The average molecular weight is 428 g/mol. The van der Waals surface area contributed by atoms with Crippen LogP contribution in [0.2, 0.25) is 0 Å². The first-order valence-corrected chi connectivity index (χ1v) is 7.25. The minimum Gasteiger partial charge on any atom is -0.550 e. The third-order valence-corrected chi connectivity index (χ3v) is 5.01. The summed E-state index contributed by atoms with van der Waals surface area (Å²) in [6.07, 6.45) is -3.91. The molecule has 0 aromatic carbocycles. The van der Waals surface area contributed by atoms with Gasteiger partial charge in [0.1, 0.15) is 0 Å². The molecule has 13 heteroatoms. The number of carboxylic acid groups (broad SMARTS) is 4. The molecular weight excluding hydrogens is 410 g/mol. The third kappa shape index (κ3) is 7.67. The topological polar surface area (TPSA) is 213 Å². The second kappa shape index (κ2) is 12.7. The summed E-state index contributed by atoms with van der Waals surface area (Å²) in [5.41, 5.74) is 5.94. The summed E-state index contributed by atoms with van der Waals surface area (Å²) in [4.78, 5) is 44.9. The van der Waals surface area contributed by atoms with Gasteiger partial charge >= 0.3 is 96.9 Å². The second-order valence-electron chi connectivity index (χ2n) is 6.45. The van der Waals surface area contributed by atoms with Gasteiger partial charge < -0.3 is 51.1 Å². The number of nitrogens with two attached hydrogens (primary N) is 2. The minimum absolute atomic E-state index is 0. The molecule has 10 nitrogen and oxygen atoms in total. The van der Waals surface area contributed by atoms with Crippen molar-refractivity contribution in [1.82, 2.24) is 0 Å². The molecule has 0 atom stereocenters.